The van der Waals surface area contributed by atoms with Crippen molar-refractivity contribution in [2.24, 2.45) is 0 Å². The summed E-state index contributed by atoms with van der Waals surface area (Å²) in [5, 5.41) is 54.1. The average molecular weight is 882 g/mol. The van der Waals surface area contributed by atoms with Crippen LogP contribution in [0.3, 0.4) is 0 Å². The summed E-state index contributed by atoms with van der Waals surface area (Å²) in [5.41, 5.74) is 0. The van der Waals surface area contributed by atoms with E-state index >= 15 is 0 Å². The summed E-state index contributed by atoms with van der Waals surface area (Å²) in [5.74, 6) is -0.253. The van der Waals surface area contributed by atoms with Crippen LogP contribution in [0.1, 0.15) is 226 Å². The summed E-state index contributed by atoms with van der Waals surface area (Å²) in [6.45, 7) is 4.23. The van der Waals surface area contributed by atoms with E-state index in [-0.39, 0.29) is 18.5 Å². The highest BCUT2D eigenvalue weighted by atomic mass is 16.7. The Balaban J connectivity index is 2.22. The van der Waals surface area contributed by atoms with Gasteiger partial charge in [-0.3, -0.25) is 9.59 Å². The van der Waals surface area contributed by atoms with Crippen molar-refractivity contribution in [2.75, 3.05) is 19.8 Å². The molecule has 0 saturated carbocycles. The maximum Gasteiger partial charge on any atom is 0.305 e. The van der Waals surface area contributed by atoms with Crippen molar-refractivity contribution in [3.05, 3.63) is 24.3 Å². The fourth-order valence-electron chi connectivity index (χ4n) is 7.92. The molecule has 7 atom stereocenters. The summed E-state index contributed by atoms with van der Waals surface area (Å²) in [6.07, 6.45) is 36.8. The molecule has 62 heavy (non-hydrogen) atoms. The van der Waals surface area contributed by atoms with Gasteiger partial charge >= 0.3 is 5.97 Å². The number of nitrogens with one attached hydrogen (secondary N) is 1. The van der Waals surface area contributed by atoms with Crippen LogP contribution >= 0.6 is 0 Å². The summed E-state index contributed by atoms with van der Waals surface area (Å²) in [6, 6.07) is -0.839. The molecule has 0 aliphatic carbocycles. The van der Waals surface area contributed by atoms with Crippen molar-refractivity contribution in [1.82, 2.24) is 5.32 Å². The maximum absolute atomic E-state index is 13.0. The number of rotatable bonds is 43. The van der Waals surface area contributed by atoms with Gasteiger partial charge < -0.3 is 45.1 Å². The van der Waals surface area contributed by atoms with Gasteiger partial charge in [-0.2, -0.15) is 0 Å². The van der Waals surface area contributed by atoms with Crippen LogP contribution in [-0.2, 0) is 23.8 Å². The smallest absolute Gasteiger partial charge is 0.305 e. The van der Waals surface area contributed by atoms with Gasteiger partial charge in [0.25, 0.3) is 0 Å². The van der Waals surface area contributed by atoms with E-state index in [9.17, 15) is 35.1 Å². The van der Waals surface area contributed by atoms with Gasteiger partial charge in [-0.05, 0) is 44.9 Å². The largest absolute Gasteiger partial charge is 0.466 e. The molecule has 11 nitrogen and oxygen atoms in total. The number of aliphatic hydroxyl groups excluding tert-OH is 5. The zero-order chi connectivity index (χ0) is 45.3. The second-order valence-electron chi connectivity index (χ2n) is 17.9. The number of carbonyl (C=O) groups is 2. The van der Waals surface area contributed by atoms with Crippen LogP contribution in [0.4, 0.5) is 0 Å². The van der Waals surface area contributed by atoms with Gasteiger partial charge in [-0.15, -0.1) is 0 Å². The van der Waals surface area contributed by atoms with Gasteiger partial charge in [0.2, 0.25) is 5.91 Å². The molecule has 1 fully saturated rings. The van der Waals surface area contributed by atoms with Crippen molar-refractivity contribution in [1.29, 1.82) is 0 Å². The van der Waals surface area contributed by atoms with Gasteiger partial charge in [0.15, 0.2) is 6.29 Å². The third kappa shape index (κ3) is 31.9. The number of unbranched alkanes of at least 4 members (excludes halogenated alkanes) is 27. The summed E-state index contributed by atoms with van der Waals surface area (Å²) in [4.78, 5) is 25.0. The Morgan fingerprint density at radius 1 is 0.581 bits per heavy atom. The lowest BCUT2D eigenvalue weighted by molar-refractivity contribution is -0.302. The summed E-state index contributed by atoms with van der Waals surface area (Å²) < 4.78 is 16.6. The molecule has 364 valence electrons. The predicted molar refractivity (Wildman–Crippen MR) is 251 cm³/mol. The fraction of sp³-hybridized carbons (Fsp3) is 0.882. The molecular formula is C51H95NO10. The van der Waals surface area contributed by atoms with Gasteiger partial charge in [-0.1, -0.05) is 192 Å². The lowest BCUT2D eigenvalue weighted by Gasteiger charge is -2.40. The molecule has 1 amide bonds. The quantitative estimate of drug-likeness (QED) is 0.0196. The molecule has 0 aromatic heterocycles. The number of hydrogen-bond donors (Lipinski definition) is 6. The van der Waals surface area contributed by atoms with Gasteiger partial charge in [0.05, 0.1) is 32.0 Å². The van der Waals surface area contributed by atoms with E-state index in [0.29, 0.717) is 19.4 Å². The standard InChI is InChI=1S/C51H95NO10/c1-3-5-7-9-11-13-15-18-21-25-29-33-37-44(54)43(42-61-51-50(59)49(58)48(57)45(41-53)62-51)52-46(55)38-34-30-26-22-19-16-20-24-28-32-36-40-60-47(56)39-35-31-27-23-17-14-12-10-8-6-4-2/h18,21,33,37,43-45,48-51,53-54,57-59H,3-17,19-20,22-32,34-36,38-42H2,1-2H3,(H,52,55)/b21-18+,37-33+. The number of amides is 1. The topological polar surface area (TPSA) is 175 Å². The van der Waals surface area contributed by atoms with Crippen LogP contribution in [0.5, 0.6) is 0 Å². The number of esters is 1. The molecule has 1 aliphatic heterocycles. The lowest BCUT2D eigenvalue weighted by atomic mass is 9.99. The second kappa shape index (κ2) is 41.8. The molecule has 1 aliphatic rings. The summed E-state index contributed by atoms with van der Waals surface area (Å²) in [7, 11) is 0. The molecule has 0 aromatic carbocycles. The van der Waals surface area contributed by atoms with Crippen LogP contribution in [-0.4, -0.2) is 100 Å². The van der Waals surface area contributed by atoms with Crippen molar-refractivity contribution >= 4 is 11.9 Å². The van der Waals surface area contributed by atoms with Gasteiger partial charge in [0, 0.05) is 12.8 Å². The zero-order valence-electron chi connectivity index (χ0n) is 39.6. The Morgan fingerprint density at radius 3 is 1.60 bits per heavy atom. The Morgan fingerprint density at radius 2 is 1.05 bits per heavy atom. The third-order valence-electron chi connectivity index (χ3n) is 12.1. The molecule has 11 heteroatoms. The molecule has 0 bridgehead atoms. The monoisotopic (exact) mass is 882 g/mol. The zero-order valence-corrected chi connectivity index (χ0v) is 39.6. The molecule has 1 heterocycles. The molecule has 0 aromatic rings. The van der Waals surface area contributed by atoms with Crippen LogP contribution in [0.25, 0.3) is 0 Å². The fourth-order valence-corrected chi connectivity index (χ4v) is 7.92. The molecular weight excluding hydrogens is 787 g/mol. The number of ether oxygens (including phenoxy) is 3. The van der Waals surface area contributed by atoms with Gasteiger partial charge in [-0.25, -0.2) is 0 Å². The minimum absolute atomic E-state index is 0.0416. The van der Waals surface area contributed by atoms with Crippen LogP contribution in [0.2, 0.25) is 0 Å². The first-order valence-electron chi connectivity index (χ1n) is 25.6. The number of hydrogen-bond acceptors (Lipinski definition) is 10. The Kier molecular flexibility index (Phi) is 39.2. The first-order chi connectivity index (χ1) is 30.2. The third-order valence-corrected chi connectivity index (χ3v) is 12.1. The minimum Gasteiger partial charge on any atom is -0.466 e. The SMILES string of the molecule is CCCCCCCC/C=C/CC/C=C/C(O)C(COC1OC(CO)C(O)C(O)C1O)NC(=O)CCCCCCCCCCCCCOC(=O)CCCCCCCCCCCCC. The van der Waals surface area contributed by atoms with Crippen molar-refractivity contribution in [3.63, 3.8) is 0 Å². The maximum atomic E-state index is 13.0. The Hall–Kier alpha value is -1.86. The first kappa shape index (κ1) is 58.2. The molecule has 1 rings (SSSR count). The van der Waals surface area contributed by atoms with Crippen molar-refractivity contribution < 1.29 is 49.3 Å². The number of allylic oxidation sites excluding steroid dienone is 3. The Bertz CT molecular complexity index is 1090. The van der Waals surface area contributed by atoms with Crippen LogP contribution in [0.15, 0.2) is 24.3 Å². The van der Waals surface area contributed by atoms with Crippen LogP contribution in [0, 0.1) is 0 Å². The molecule has 7 unspecified atom stereocenters. The van der Waals surface area contributed by atoms with Crippen molar-refractivity contribution in [3.8, 4) is 0 Å². The lowest BCUT2D eigenvalue weighted by Crippen LogP contribution is -2.60. The Labute approximate surface area is 378 Å². The first-order valence-corrected chi connectivity index (χ1v) is 25.6. The van der Waals surface area contributed by atoms with E-state index in [4.69, 9.17) is 14.2 Å². The second-order valence-corrected chi connectivity index (χ2v) is 17.9. The van der Waals surface area contributed by atoms with E-state index in [1.54, 1.807) is 6.08 Å². The van der Waals surface area contributed by atoms with E-state index < -0.39 is 49.5 Å². The summed E-state index contributed by atoms with van der Waals surface area (Å²) >= 11 is 0. The molecule has 0 radical (unpaired) electrons. The van der Waals surface area contributed by atoms with E-state index in [2.05, 4.69) is 31.3 Å². The predicted octanol–water partition coefficient (Wildman–Crippen LogP) is 10.2. The highest BCUT2D eigenvalue weighted by molar-refractivity contribution is 5.76. The highest BCUT2D eigenvalue weighted by Gasteiger charge is 2.44. The number of aliphatic hydroxyl groups is 5. The highest BCUT2D eigenvalue weighted by Crippen LogP contribution is 2.23. The van der Waals surface area contributed by atoms with Crippen molar-refractivity contribution in [2.45, 2.75) is 269 Å². The van der Waals surface area contributed by atoms with E-state index in [0.717, 1.165) is 70.6 Å². The van der Waals surface area contributed by atoms with Gasteiger partial charge in [0.1, 0.15) is 24.4 Å². The normalized spacial score (nSPS) is 20.3. The molecule has 1 saturated heterocycles. The minimum atomic E-state index is -1.58. The molecule has 6 N–H and O–H groups in total. The number of carbonyl (C=O) groups excluding carboxylic acids is 2. The molecule has 0 spiro atoms. The van der Waals surface area contributed by atoms with E-state index in [1.165, 1.54) is 128 Å². The van der Waals surface area contributed by atoms with E-state index in [1.807, 2.05) is 6.08 Å². The van der Waals surface area contributed by atoms with Crippen LogP contribution < -0.4 is 5.32 Å². The average Bonchev–Trinajstić information content (AvgIpc) is 3.27.